The van der Waals surface area contributed by atoms with Gasteiger partial charge in [-0.2, -0.15) is 17.6 Å². The lowest BCUT2D eigenvalue weighted by Gasteiger charge is -2.35. The molecule has 3 saturated carbocycles. The van der Waals surface area contributed by atoms with Crippen LogP contribution in [-0.4, -0.2) is 77.0 Å². The van der Waals surface area contributed by atoms with Gasteiger partial charge in [0.15, 0.2) is 24.8 Å². The maximum atomic E-state index is 15.8. The summed E-state index contributed by atoms with van der Waals surface area (Å²) in [5.74, 6) is -15.7. The molecule has 7 rings (SSSR count). The zero-order chi connectivity index (χ0) is 42.3. The molecule has 1 aliphatic heterocycles. The normalized spacial score (nSPS) is 27.3. The fraction of sp³-hybridized carbons (Fsp3) is 0.581. The van der Waals surface area contributed by atoms with Crippen LogP contribution in [0, 0.1) is 29.6 Å². The first-order chi connectivity index (χ1) is 27.0. The van der Waals surface area contributed by atoms with Gasteiger partial charge >= 0.3 is 35.8 Å². The highest BCUT2D eigenvalue weighted by molar-refractivity contribution is 6.01. The molecule has 58 heavy (non-hydrogen) atoms. The molecule has 1 heterocycles. The minimum absolute atomic E-state index is 0.0670. The average molecular weight is 814 g/mol. The number of rotatable bonds is 9. The van der Waals surface area contributed by atoms with Crippen LogP contribution in [0.5, 0.6) is 0 Å². The number of Topliss-reactive ketones (excluding diaryl/α,β-unsaturated/α-hetero) is 2. The highest BCUT2D eigenvalue weighted by atomic mass is 19.3. The van der Waals surface area contributed by atoms with Gasteiger partial charge in [-0.15, -0.1) is 0 Å². The number of piperidine rings is 1. The van der Waals surface area contributed by atoms with E-state index in [1.54, 1.807) is 41.5 Å². The van der Waals surface area contributed by atoms with Crippen LogP contribution >= 0.6 is 0 Å². The Hall–Kier alpha value is -4.82. The van der Waals surface area contributed by atoms with Crippen molar-refractivity contribution >= 4 is 35.6 Å². The first-order valence-electron chi connectivity index (χ1n) is 19.7. The Bertz CT molecular complexity index is 1920. The van der Waals surface area contributed by atoms with Crippen molar-refractivity contribution in [1.82, 2.24) is 4.90 Å². The Morgan fingerprint density at radius 2 is 1.09 bits per heavy atom. The molecule has 4 aliphatic carbocycles. The predicted octanol–water partition coefficient (Wildman–Crippen LogP) is 7.79. The van der Waals surface area contributed by atoms with E-state index < -0.39 is 112 Å². The van der Waals surface area contributed by atoms with Crippen molar-refractivity contribution in [3.8, 4) is 11.1 Å². The van der Waals surface area contributed by atoms with Gasteiger partial charge in [-0.05, 0) is 121 Å². The SMILES string of the molecule is CC(C)(C)OC(=O)C1[C@@H]2CC[C@@H](C2)[C@H]1C(=O)OCC(=O)c1ccc2c(c1)C(F)(F)C(F)(F)c1cc(C(=O)COC(=O)[C@@H]3[C@H]4CC[C@H](C4)N3C(=O)OC(C)(C)C)ccc1-2. The van der Waals surface area contributed by atoms with Crippen molar-refractivity contribution in [2.45, 2.75) is 115 Å². The van der Waals surface area contributed by atoms with E-state index in [9.17, 15) is 28.8 Å². The maximum Gasteiger partial charge on any atom is 0.411 e. The number of carbonyl (C=O) groups excluding carboxylic acids is 6. The number of ether oxygens (including phenoxy) is 4. The maximum absolute atomic E-state index is 15.8. The molecule has 4 bridgehead atoms. The van der Waals surface area contributed by atoms with Crippen LogP contribution < -0.4 is 0 Å². The van der Waals surface area contributed by atoms with Gasteiger partial charge in [0.05, 0.1) is 11.8 Å². The van der Waals surface area contributed by atoms with E-state index in [0.29, 0.717) is 44.2 Å². The van der Waals surface area contributed by atoms with Gasteiger partial charge in [-0.1, -0.05) is 24.3 Å². The number of fused-ring (bicyclic) bond motifs is 7. The Balaban J connectivity index is 1.04. The number of nitrogens with zero attached hydrogens (tertiary/aromatic N) is 1. The molecule has 15 heteroatoms. The molecule has 4 fully saturated rings. The van der Waals surface area contributed by atoms with E-state index >= 15 is 17.6 Å². The summed E-state index contributed by atoms with van der Waals surface area (Å²) < 4.78 is 84.8. The number of hydrogen-bond acceptors (Lipinski definition) is 10. The van der Waals surface area contributed by atoms with Crippen LogP contribution in [0.25, 0.3) is 11.1 Å². The molecule has 11 nitrogen and oxygen atoms in total. The monoisotopic (exact) mass is 813 g/mol. The van der Waals surface area contributed by atoms with Crippen molar-refractivity contribution in [2.75, 3.05) is 13.2 Å². The van der Waals surface area contributed by atoms with E-state index in [4.69, 9.17) is 18.9 Å². The van der Waals surface area contributed by atoms with Crippen molar-refractivity contribution < 1.29 is 65.3 Å². The third kappa shape index (κ3) is 7.38. The van der Waals surface area contributed by atoms with E-state index in [0.717, 1.165) is 30.7 Å². The van der Waals surface area contributed by atoms with Crippen LogP contribution in [-0.2, 0) is 45.2 Å². The van der Waals surface area contributed by atoms with Gasteiger partial charge in [-0.25, -0.2) is 9.59 Å². The molecule has 1 unspecified atom stereocenters. The number of likely N-dealkylation sites (tertiary alicyclic amines) is 1. The molecule has 5 aliphatic rings. The summed E-state index contributed by atoms with van der Waals surface area (Å²) in [4.78, 5) is 80.1. The highest BCUT2D eigenvalue weighted by Crippen LogP contribution is 2.58. The summed E-state index contributed by atoms with van der Waals surface area (Å²) in [7, 11) is 0. The van der Waals surface area contributed by atoms with E-state index in [-0.39, 0.29) is 34.9 Å². The van der Waals surface area contributed by atoms with Gasteiger partial charge in [0.25, 0.3) is 0 Å². The molecule has 0 aromatic heterocycles. The molecule has 0 N–H and O–H groups in total. The second-order valence-electron chi connectivity index (χ2n) is 18.2. The number of ketones is 2. The van der Waals surface area contributed by atoms with Gasteiger partial charge in [-0.3, -0.25) is 24.1 Å². The first-order valence-corrected chi connectivity index (χ1v) is 19.7. The number of esters is 3. The Morgan fingerprint density at radius 3 is 1.59 bits per heavy atom. The zero-order valence-electron chi connectivity index (χ0n) is 33.2. The number of halogens is 4. The van der Waals surface area contributed by atoms with Crippen molar-refractivity contribution in [2.24, 2.45) is 29.6 Å². The number of amides is 1. The molecule has 2 aromatic rings. The molecule has 0 spiro atoms. The summed E-state index contributed by atoms with van der Waals surface area (Å²) in [6.45, 7) is 8.46. The molecule has 0 radical (unpaired) electrons. The molecule has 312 valence electrons. The minimum Gasteiger partial charge on any atom is -0.460 e. The number of hydrogen-bond donors (Lipinski definition) is 0. The van der Waals surface area contributed by atoms with Crippen LogP contribution in [0.4, 0.5) is 22.4 Å². The van der Waals surface area contributed by atoms with Crippen LogP contribution in [0.3, 0.4) is 0 Å². The van der Waals surface area contributed by atoms with Gasteiger partial charge in [0.2, 0.25) is 0 Å². The summed E-state index contributed by atoms with van der Waals surface area (Å²) >= 11 is 0. The lowest BCUT2D eigenvalue weighted by Crippen LogP contribution is -2.51. The Labute approximate surface area is 333 Å². The topological polar surface area (TPSA) is 143 Å². The van der Waals surface area contributed by atoms with Crippen molar-refractivity contribution in [1.29, 1.82) is 0 Å². The largest absolute Gasteiger partial charge is 0.460 e. The highest BCUT2D eigenvalue weighted by Gasteiger charge is 2.63. The Morgan fingerprint density at radius 1 is 0.621 bits per heavy atom. The smallest absolute Gasteiger partial charge is 0.411 e. The van der Waals surface area contributed by atoms with Gasteiger partial charge < -0.3 is 18.9 Å². The van der Waals surface area contributed by atoms with Crippen LogP contribution in [0.2, 0.25) is 0 Å². The fourth-order valence-corrected chi connectivity index (χ4v) is 9.59. The van der Waals surface area contributed by atoms with E-state index in [1.165, 1.54) is 4.90 Å². The first kappa shape index (κ1) is 41.3. The van der Waals surface area contributed by atoms with Crippen molar-refractivity contribution in [3.05, 3.63) is 58.7 Å². The standard InChI is InChI=1S/C43H47F4NO10/c1-40(2,3)57-37(52)34-24-8-7-23(15-24)33(34)36(51)55-19-31(49)21-10-13-27-28-14-11-22(18-30(28)43(46,47)42(44,45)29(27)17-21)32(50)20-56-38(53)35-25-9-12-26(16-25)48(35)39(54)58-41(4,5)6/h10-11,13-14,17-18,23-26,33-35H,7-9,12,15-16,19-20H2,1-6H3/t23-,24+,25-,26+,33+,34?,35-/m0/s1. The minimum atomic E-state index is -4.84. The summed E-state index contributed by atoms with van der Waals surface area (Å²) in [6, 6.07) is 4.57. The third-order valence-corrected chi connectivity index (χ3v) is 12.0. The molecule has 2 aromatic carbocycles. The second kappa shape index (κ2) is 14.5. The van der Waals surface area contributed by atoms with Gasteiger partial charge in [0.1, 0.15) is 17.2 Å². The van der Waals surface area contributed by atoms with Crippen LogP contribution in [0.1, 0.15) is 112 Å². The van der Waals surface area contributed by atoms with Crippen molar-refractivity contribution in [3.63, 3.8) is 0 Å². The third-order valence-electron chi connectivity index (χ3n) is 12.0. The zero-order valence-corrected chi connectivity index (χ0v) is 33.2. The quantitative estimate of drug-likeness (QED) is 0.107. The van der Waals surface area contributed by atoms with E-state index in [1.807, 2.05) is 0 Å². The Kier molecular flexibility index (Phi) is 10.3. The van der Waals surface area contributed by atoms with E-state index in [2.05, 4.69) is 0 Å². The number of alkyl halides is 4. The fourth-order valence-electron chi connectivity index (χ4n) is 9.59. The second-order valence-corrected chi connectivity index (χ2v) is 18.2. The lowest BCUT2D eigenvalue weighted by atomic mass is 9.78. The molecule has 1 saturated heterocycles. The average Bonchev–Trinajstić information content (AvgIpc) is 3.95. The summed E-state index contributed by atoms with van der Waals surface area (Å²) in [5.41, 5.74) is -5.27. The summed E-state index contributed by atoms with van der Waals surface area (Å²) in [5, 5.41) is 0. The summed E-state index contributed by atoms with van der Waals surface area (Å²) in [6.07, 6.45) is 3.30. The molecular formula is C43H47F4NO10. The number of benzene rings is 2. The lowest BCUT2D eigenvalue weighted by molar-refractivity contribution is -0.225. The van der Waals surface area contributed by atoms with Gasteiger partial charge in [0, 0.05) is 28.3 Å². The molecule has 7 atom stereocenters. The predicted molar refractivity (Wildman–Crippen MR) is 197 cm³/mol. The van der Waals surface area contributed by atoms with Crippen LogP contribution in [0.15, 0.2) is 36.4 Å². The molecular weight excluding hydrogens is 766 g/mol. The molecule has 1 amide bonds. The number of carbonyl (C=O) groups is 6.